The van der Waals surface area contributed by atoms with Crippen LogP contribution in [0.15, 0.2) is 0 Å². The number of hydrogen-bond acceptors (Lipinski definition) is 0. The Hall–Kier alpha value is 0.906. The second kappa shape index (κ2) is 9.00. The fraction of sp³-hybridized carbons (Fsp3) is 0.750. The molecule has 0 aromatic rings. The lowest BCUT2D eigenvalue weighted by Gasteiger charge is -2.14. The normalized spacial score (nSPS) is 17.2. The van der Waals surface area contributed by atoms with Crippen molar-refractivity contribution in [2.45, 2.75) is 32.1 Å². The van der Waals surface area contributed by atoms with Crippen molar-refractivity contribution < 1.29 is 0 Å². The van der Waals surface area contributed by atoms with Gasteiger partial charge < -0.3 is 18.1 Å². The summed E-state index contributed by atoms with van der Waals surface area (Å²) in [5.74, 6) is 3.06. The molecule has 1 aliphatic carbocycles. The van der Waals surface area contributed by atoms with Crippen LogP contribution in [-0.4, -0.2) is 18.2 Å². The minimum atomic E-state index is -0.639. The summed E-state index contributed by atoms with van der Waals surface area (Å²) < 4.78 is 0. The fourth-order valence-corrected chi connectivity index (χ4v) is 1.25. The smallest absolute Gasteiger partial charge is 0.309 e. The van der Waals surface area contributed by atoms with Gasteiger partial charge in [-0.25, -0.2) is 0 Å². The van der Waals surface area contributed by atoms with Crippen LogP contribution in [0.1, 0.15) is 32.1 Å². The standard InChI is InChI=1S/C8H11.2ClH.Mg/c1-2-8-6-4-3-5-7-8;;;/h8H,3-7H2;2*1H;/q;;;+2/p-2. The number of rotatable bonds is 0. The van der Waals surface area contributed by atoms with Crippen LogP contribution in [0.25, 0.3) is 0 Å². The maximum absolute atomic E-state index is 6.85. The van der Waals surface area contributed by atoms with Crippen LogP contribution in [0.3, 0.4) is 0 Å². The molecule has 0 heterocycles. The first kappa shape index (κ1) is 11.9. The van der Waals surface area contributed by atoms with Gasteiger partial charge in [-0.05, 0) is 19.3 Å². The van der Waals surface area contributed by atoms with Crippen LogP contribution in [-0.2, 0) is 0 Å². The molecule has 0 saturated heterocycles. The molecule has 1 radical (unpaired) electrons. The molecule has 0 unspecified atom stereocenters. The largest absolute Gasteiger partial charge is 0.618 e. The van der Waals surface area contributed by atoms with E-state index in [1.54, 1.807) is 0 Å². The lowest BCUT2D eigenvalue weighted by molar-refractivity contribution is 0.430. The first-order valence-electron chi connectivity index (χ1n) is 3.89. The lowest BCUT2D eigenvalue weighted by Crippen LogP contribution is -2.02. The molecule has 59 valence electrons. The van der Waals surface area contributed by atoms with Crippen molar-refractivity contribution >= 4 is 36.3 Å². The average Bonchev–Trinajstić information content (AvgIpc) is 2.08. The van der Waals surface area contributed by atoms with Crippen molar-refractivity contribution in [3.8, 4) is 5.92 Å². The Kier molecular flexibility index (Phi) is 9.74. The van der Waals surface area contributed by atoms with E-state index in [0.717, 1.165) is 0 Å². The lowest BCUT2D eigenvalue weighted by atomic mass is 9.90. The highest BCUT2D eigenvalue weighted by Gasteiger charge is 2.08. The van der Waals surface area contributed by atoms with Crippen molar-refractivity contribution in [3.05, 3.63) is 6.42 Å². The Balaban J connectivity index is 0.000000292. The van der Waals surface area contributed by atoms with Gasteiger partial charge in [0.15, 0.2) is 0 Å². The maximum Gasteiger partial charge on any atom is 0.618 e. The molecule has 11 heavy (non-hydrogen) atoms. The van der Waals surface area contributed by atoms with Gasteiger partial charge in [-0.3, -0.25) is 0 Å². The van der Waals surface area contributed by atoms with E-state index < -0.39 is 18.2 Å². The van der Waals surface area contributed by atoms with Crippen molar-refractivity contribution in [1.82, 2.24) is 0 Å². The molecular formula is C8H11Cl2Mg. The molecule has 1 saturated carbocycles. The van der Waals surface area contributed by atoms with Crippen molar-refractivity contribution in [3.63, 3.8) is 0 Å². The number of hydrogen-bond donors (Lipinski definition) is 0. The topological polar surface area (TPSA) is 0 Å². The van der Waals surface area contributed by atoms with Gasteiger partial charge in [0.1, 0.15) is 0 Å². The second-order valence-electron chi connectivity index (χ2n) is 2.58. The van der Waals surface area contributed by atoms with Crippen LogP contribution in [0, 0.1) is 18.3 Å². The third-order valence-corrected chi connectivity index (χ3v) is 1.81. The monoisotopic (exact) mass is 201 g/mol. The molecule has 0 bridgehead atoms. The molecular weight excluding hydrogens is 191 g/mol. The van der Waals surface area contributed by atoms with E-state index in [-0.39, 0.29) is 0 Å². The van der Waals surface area contributed by atoms with E-state index in [2.05, 4.69) is 5.92 Å². The third kappa shape index (κ3) is 7.27. The Morgan fingerprint density at radius 1 is 1.18 bits per heavy atom. The Labute approximate surface area is 86.3 Å². The van der Waals surface area contributed by atoms with Gasteiger partial charge in [0.05, 0.1) is 0 Å². The molecule has 0 spiro atoms. The molecule has 0 N–H and O–H groups in total. The molecule has 0 amide bonds. The van der Waals surface area contributed by atoms with Crippen LogP contribution < -0.4 is 0 Å². The second-order valence-corrected chi connectivity index (χ2v) is 5.21. The Morgan fingerprint density at radius 3 is 1.91 bits per heavy atom. The molecule has 0 nitrogen and oxygen atoms in total. The fourth-order valence-electron chi connectivity index (χ4n) is 1.25. The van der Waals surface area contributed by atoms with Crippen LogP contribution in [0.4, 0.5) is 0 Å². The van der Waals surface area contributed by atoms with E-state index in [9.17, 15) is 0 Å². The number of halogens is 2. The molecule has 0 atom stereocenters. The third-order valence-electron chi connectivity index (χ3n) is 1.81. The van der Waals surface area contributed by atoms with Crippen LogP contribution in [0.5, 0.6) is 0 Å². The van der Waals surface area contributed by atoms with Gasteiger partial charge in [-0.15, -0.1) is 0 Å². The first-order valence-corrected chi connectivity index (χ1v) is 8.17. The Bertz CT molecular complexity index is 114. The quantitative estimate of drug-likeness (QED) is 0.418. The molecule has 0 aromatic heterocycles. The van der Waals surface area contributed by atoms with E-state index >= 15 is 0 Å². The summed E-state index contributed by atoms with van der Waals surface area (Å²) in [4.78, 5) is 0. The van der Waals surface area contributed by atoms with Crippen molar-refractivity contribution in [2.24, 2.45) is 5.92 Å². The van der Waals surface area contributed by atoms with Gasteiger partial charge in [-0.1, -0.05) is 25.2 Å². The average molecular weight is 202 g/mol. The predicted octanol–water partition coefficient (Wildman–Crippen LogP) is 3.15. The maximum atomic E-state index is 6.85. The zero-order chi connectivity index (χ0) is 8.53. The van der Waals surface area contributed by atoms with E-state index in [1.165, 1.54) is 32.1 Å². The van der Waals surface area contributed by atoms with E-state index in [1.807, 2.05) is 0 Å². The zero-order valence-corrected chi connectivity index (χ0v) is 9.50. The van der Waals surface area contributed by atoms with Gasteiger partial charge >= 0.3 is 18.2 Å². The van der Waals surface area contributed by atoms with Crippen molar-refractivity contribution in [2.75, 3.05) is 0 Å². The highest BCUT2D eigenvalue weighted by atomic mass is 35.6. The summed E-state index contributed by atoms with van der Waals surface area (Å²) in [5, 5.41) is 0. The molecule has 1 aliphatic rings. The summed E-state index contributed by atoms with van der Waals surface area (Å²) in [6.45, 7) is 0. The SMILES string of the molecule is [C]#CC1CCCCC1.[Cl][Mg][Cl]. The van der Waals surface area contributed by atoms with E-state index in [4.69, 9.17) is 24.6 Å². The summed E-state index contributed by atoms with van der Waals surface area (Å²) in [7, 11) is 9.81. The van der Waals surface area contributed by atoms with Gasteiger partial charge in [-0.2, -0.15) is 0 Å². The molecule has 0 aliphatic heterocycles. The predicted molar refractivity (Wildman–Crippen MR) is 51.2 cm³/mol. The summed E-state index contributed by atoms with van der Waals surface area (Å²) in [6, 6.07) is 0. The van der Waals surface area contributed by atoms with Crippen molar-refractivity contribution in [1.29, 1.82) is 0 Å². The van der Waals surface area contributed by atoms with Crippen LogP contribution >= 0.6 is 18.1 Å². The minimum Gasteiger partial charge on any atom is -0.309 e. The van der Waals surface area contributed by atoms with E-state index in [0.29, 0.717) is 5.92 Å². The summed E-state index contributed by atoms with van der Waals surface area (Å²) in [6.07, 6.45) is 13.3. The highest BCUT2D eigenvalue weighted by Crippen LogP contribution is 2.22. The molecule has 3 heteroatoms. The zero-order valence-electron chi connectivity index (χ0n) is 6.58. The van der Waals surface area contributed by atoms with Crippen LogP contribution in [0.2, 0.25) is 0 Å². The van der Waals surface area contributed by atoms with Gasteiger partial charge in [0.2, 0.25) is 0 Å². The molecule has 0 aromatic carbocycles. The first-order chi connectivity index (χ1) is 5.35. The molecule has 1 fully saturated rings. The Morgan fingerprint density at radius 2 is 1.64 bits per heavy atom. The molecule has 1 rings (SSSR count). The van der Waals surface area contributed by atoms with Gasteiger partial charge in [0.25, 0.3) is 0 Å². The minimum absolute atomic E-state index is 0.503. The summed E-state index contributed by atoms with van der Waals surface area (Å²) in [5.41, 5.74) is 0. The summed E-state index contributed by atoms with van der Waals surface area (Å²) >= 11 is -0.639. The van der Waals surface area contributed by atoms with Gasteiger partial charge in [0, 0.05) is 5.92 Å². The highest BCUT2D eigenvalue weighted by molar-refractivity contribution is 7.22.